The normalized spacial score (nSPS) is 16.7. The third-order valence-electron chi connectivity index (χ3n) is 2.20. The number of rotatable bonds is 1. The van der Waals surface area contributed by atoms with Gasteiger partial charge in [0, 0.05) is 31.1 Å². The Bertz CT molecular complexity index is 323. The lowest BCUT2D eigenvalue weighted by Crippen LogP contribution is -1.95. The minimum Gasteiger partial charge on any atom is -0.289 e. The maximum absolute atomic E-state index is 4.44. The predicted octanol–water partition coefficient (Wildman–Crippen LogP) is 1.31. The zero-order valence-electron chi connectivity index (χ0n) is 7.54. The molecule has 1 aromatic rings. The molecule has 0 saturated heterocycles. The molecular formula is C9H13N3. The molecule has 0 amide bonds. The summed E-state index contributed by atoms with van der Waals surface area (Å²) >= 11 is 0. The lowest BCUT2D eigenvalue weighted by Gasteiger charge is -1.94. The molecule has 12 heavy (non-hydrogen) atoms. The lowest BCUT2D eigenvalue weighted by atomic mass is 10.1. The van der Waals surface area contributed by atoms with Crippen LogP contribution in [0.2, 0.25) is 0 Å². The molecule has 0 N–H and O–H groups in total. The van der Waals surface area contributed by atoms with Crippen molar-refractivity contribution in [2.45, 2.75) is 19.8 Å². The Morgan fingerprint density at radius 2 is 2.33 bits per heavy atom. The number of aromatic nitrogens is 2. The van der Waals surface area contributed by atoms with Crippen LogP contribution < -0.4 is 0 Å². The summed E-state index contributed by atoms with van der Waals surface area (Å²) in [5, 5.41) is 4.29. The molecule has 0 aromatic carbocycles. The van der Waals surface area contributed by atoms with E-state index < -0.39 is 0 Å². The van der Waals surface area contributed by atoms with E-state index in [0.29, 0.717) is 0 Å². The SMILES string of the molecule is Cc1nn(C)cc1C1=NCCC1. The Labute approximate surface area is 72.1 Å². The summed E-state index contributed by atoms with van der Waals surface area (Å²) in [7, 11) is 1.95. The van der Waals surface area contributed by atoms with Gasteiger partial charge in [0.15, 0.2) is 0 Å². The molecule has 0 radical (unpaired) electrons. The van der Waals surface area contributed by atoms with Crippen molar-refractivity contribution in [1.82, 2.24) is 9.78 Å². The Balaban J connectivity index is 2.38. The van der Waals surface area contributed by atoms with Crippen molar-refractivity contribution in [3.05, 3.63) is 17.5 Å². The van der Waals surface area contributed by atoms with Crippen molar-refractivity contribution in [1.29, 1.82) is 0 Å². The van der Waals surface area contributed by atoms with Crippen LogP contribution in [0.5, 0.6) is 0 Å². The highest BCUT2D eigenvalue weighted by Crippen LogP contribution is 2.14. The van der Waals surface area contributed by atoms with E-state index >= 15 is 0 Å². The molecule has 64 valence electrons. The van der Waals surface area contributed by atoms with Crippen molar-refractivity contribution in [3.8, 4) is 0 Å². The molecule has 3 heteroatoms. The van der Waals surface area contributed by atoms with Gasteiger partial charge in [-0.1, -0.05) is 0 Å². The fourth-order valence-corrected chi connectivity index (χ4v) is 1.64. The second-order valence-corrected chi connectivity index (χ2v) is 3.23. The number of hydrogen-bond donors (Lipinski definition) is 0. The maximum Gasteiger partial charge on any atom is 0.0684 e. The maximum atomic E-state index is 4.44. The molecule has 1 aromatic heterocycles. The van der Waals surface area contributed by atoms with Gasteiger partial charge in [0.2, 0.25) is 0 Å². The number of aryl methyl sites for hydroxylation is 2. The second-order valence-electron chi connectivity index (χ2n) is 3.23. The summed E-state index contributed by atoms with van der Waals surface area (Å²) in [6, 6.07) is 0. The average molecular weight is 163 g/mol. The van der Waals surface area contributed by atoms with Crippen LogP contribution in [0, 0.1) is 6.92 Å². The molecule has 1 aliphatic heterocycles. The molecule has 0 unspecified atom stereocenters. The highest BCUT2D eigenvalue weighted by Gasteiger charge is 2.13. The number of nitrogens with zero attached hydrogens (tertiary/aromatic N) is 3. The van der Waals surface area contributed by atoms with Gasteiger partial charge < -0.3 is 0 Å². The van der Waals surface area contributed by atoms with E-state index in [0.717, 1.165) is 18.7 Å². The van der Waals surface area contributed by atoms with E-state index in [1.54, 1.807) is 0 Å². The molecule has 0 spiro atoms. The predicted molar refractivity (Wildman–Crippen MR) is 48.6 cm³/mol. The summed E-state index contributed by atoms with van der Waals surface area (Å²) in [4.78, 5) is 4.44. The monoisotopic (exact) mass is 163 g/mol. The van der Waals surface area contributed by atoms with E-state index in [-0.39, 0.29) is 0 Å². The van der Waals surface area contributed by atoms with Crippen LogP contribution in [0.25, 0.3) is 0 Å². The first-order valence-corrected chi connectivity index (χ1v) is 4.31. The molecule has 3 nitrogen and oxygen atoms in total. The van der Waals surface area contributed by atoms with Crippen LogP contribution in [-0.2, 0) is 7.05 Å². The van der Waals surface area contributed by atoms with Crippen LogP contribution in [0.4, 0.5) is 0 Å². The van der Waals surface area contributed by atoms with Gasteiger partial charge in [-0.15, -0.1) is 0 Å². The van der Waals surface area contributed by atoms with Crippen LogP contribution >= 0.6 is 0 Å². The Morgan fingerprint density at radius 1 is 1.50 bits per heavy atom. The summed E-state index contributed by atoms with van der Waals surface area (Å²) in [6.07, 6.45) is 4.37. The largest absolute Gasteiger partial charge is 0.289 e. The fourth-order valence-electron chi connectivity index (χ4n) is 1.64. The highest BCUT2D eigenvalue weighted by molar-refractivity contribution is 6.02. The summed E-state index contributed by atoms with van der Waals surface area (Å²) in [5.41, 5.74) is 3.56. The molecule has 0 saturated carbocycles. The third kappa shape index (κ3) is 1.15. The highest BCUT2D eigenvalue weighted by atomic mass is 15.2. The standard InChI is InChI=1S/C9H13N3/c1-7-8(6-12(2)11-7)9-4-3-5-10-9/h6H,3-5H2,1-2H3. The molecule has 2 heterocycles. The molecule has 2 rings (SSSR count). The van der Waals surface area contributed by atoms with Gasteiger partial charge in [0.25, 0.3) is 0 Å². The lowest BCUT2D eigenvalue weighted by molar-refractivity contribution is 0.756. The molecule has 0 fully saturated rings. The van der Waals surface area contributed by atoms with Crippen LogP contribution in [0.15, 0.2) is 11.2 Å². The Hall–Kier alpha value is -1.12. The summed E-state index contributed by atoms with van der Waals surface area (Å²) in [5.74, 6) is 0. The van der Waals surface area contributed by atoms with Gasteiger partial charge in [-0.3, -0.25) is 9.67 Å². The fraction of sp³-hybridized carbons (Fsp3) is 0.556. The van der Waals surface area contributed by atoms with E-state index in [2.05, 4.69) is 16.3 Å². The smallest absolute Gasteiger partial charge is 0.0684 e. The van der Waals surface area contributed by atoms with Gasteiger partial charge >= 0.3 is 0 Å². The first-order chi connectivity index (χ1) is 5.77. The second kappa shape index (κ2) is 2.73. The number of hydrogen-bond acceptors (Lipinski definition) is 2. The van der Waals surface area contributed by atoms with Crippen molar-refractivity contribution >= 4 is 5.71 Å². The molecule has 0 aliphatic carbocycles. The topological polar surface area (TPSA) is 30.2 Å². The van der Waals surface area contributed by atoms with Crippen molar-refractivity contribution in [2.24, 2.45) is 12.0 Å². The van der Waals surface area contributed by atoms with E-state index in [4.69, 9.17) is 0 Å². The van der Waals surface area contributed by atoms with Gasteiger partial charge in [-0.25, -0.2) is 0 Å². The zero-order chi connectivity index (χ0) is 8.55. The van der Waals surface area contributed by atoms with E-state index in [1.807, 2.05) is 18.7 Å². The van der Waals surface area contributed by atoms with Gasteiger partial charge in [-0.05, 0) is 19.8 Å². The summed E-state index contributed by atoms with van der Waals surface area (Å²) < 4.78 is 1.85. The van der Waals surface area contributed by atoms with Crippen LogP contribution in [0.1, 0.15) is 24.1 Å². The van der Waals surface area contributed by atoms with Crippen LogP contribution in [0.3, 0.4) is 0 Å². The third-order valence-corrected chi connectivity index (χ3v) is 2.20. The average Bonchev–Trinajstić information content (AvgIpc) is 2.58. The van der Waals surface area contributed by atoms with Gasteiger partial charge in [0.1, 0.15) is 0 Å². The number of aliphatic imine (C=N–C) groups is 1. The zero-order valence-corrected chi connectivity index (χ0v) is 7.54. The Morgan fingerprint density at radius 3 is 2.83 bits per heavy atom. The Kier molecular flexibility index (Phi) is 1.71. The quantitative estimate of drug-likeness (QED) is 0.614. The molecule has 0 atom stereocenters. The molecule has 1 aliphatic rings. The minimum atomic E-state index is 0.990. The van der Waals surface area contributed by atoms with Crippen molar-refractivity contribution in [2.75, 3.05) is 6.54 Å². The molecular weight excluding hydrogens is 150 g/mol. The first-order valence-electron chi connectivity index (χ1n) is 4.31. The summed E-state index contributed by atoms with van der Waals surface area (Å²) in [6.45, 7) is 3.03. The van der Waals surface area contributed by atoms with Gasteiger partial charge in [-0.2, -0.15) is 5.10 Å². The minimum absolute atomic E-state index is 0.990. The van der Waals surface area contributed by atoms with E-state index in [1.165, 1.54) is 17.7 Å². The van der Waals surface area contributed by atoms with Gasteiger partial charge in [0.05, 0.1) is 5.69 Å². The first kappa shape index (κ1) is 7.53. The van der Waals surface area contributed by atoms with Crippen molar-refractivity contribution < 1.29 is 0 Å². The van der Waals surface area contributed by atoms with Crippen LogP contribution in [-0.4, -0.2) is 22.0 Å². The van der Waals surface area contributed by atoms with Crippen molar-refractivity contribution in [3.63, 3.8) is 0 Å². The molecule has 0 bridgehead atoms. The van der Waals surface area contributed by atoms with E-state index in [9.17, 15) is 0 Å².